The van der Waals surface area contributed by atoms with Crippen molar-refractivity contribution in [2.75, 3.05) is 33.9 Å². The van der Waals surface area contributed by atoms with Crippen molar-refractivity contribution in [2.45, 2.75) is 226 Å². The number of nitrogens with zero attached hydrogens (tertiary/aromatic N) is 1. The van der Waals surface area contributed by atoms with Crippen LogP contribution in [0.4, 0.5) is 0 Å². The molecule has 0 aliphatic carbocycles. The van der Waals surface area contributed by atoms with Crippen LogP contribution < -0.4 is 0 Å². The molecule has 50 heavy (non-hydrogen) atoms. The van der Waals surface area contributed by atoms with E-state index in [4.69, 9.17) is 14.2 Å². The summed E-state index contributed by atoms with van der Waals surface area (Å²) >= 11 is 0. The molecule has 0 aliphatic heterocycles. The van der Waals surface area contributed by atoms with Gasteiger partial charge >= 0.3 is 6.10 Å². The van der Waals surface area contributed by atoms with Crippen LogP contribution in [0, 0.1) is 0 Å². The number of hydrogen-bond acceptors (Lipinski definition) is 3. The third kappa shape index (κ3) is 25.1. The lowest BCUT2D eigenvalue weighted by atomic mass is 10.1. The Hall–Kier alpha value is -0.940. The van der Waals surface area contributed by atoms with Gasteiger partial charge in [0.1, 0.15) is 6.54 Å². The molecule has 1 aromatic rings. The van der Waals surface area contributed by atoms with Gasteiger partial charge in [0.05, 0.1) is 33.9 Å². The highest BCUT2D eigenvalue weighted by Gasteiger charge is 2.51. The quantitative estimate of drug-likeness (QED) is 0.0388. The number of rotatable bonds is 39. The third-order valence-corrected chi connectivity index (χ3v) is 10.5. The van der Waals surface area contributed by atoms with Gasteiger partial charge in [-0.2, -0.15) is 0 Å². The second-order valence-electron chi connectivity index (χ2n) is 15.9. The summed E-state index contributed by atoms with van der Waals surface area (Å²) in [6.45, 7) is 9.74. The molecule has 0 amide bonds. The number of hydrogen-bond donors (Lipinski definition) is 0. The molecule has 0 atom stereocenters. The fourth-order valence-corrected chi connectivity index (χ4v) is 7.16. The minimum Gasteiger partial charge on any atom is -0.278 e. The highest BCUT2D eigenvalue weighted by atomic mass is 16.9. The van der Waals surface area contributed by atoms with Gasteiger partial charge in [-0.25, -0.2) is 4.48 Å². The van der Waals surface area contributed by atoms with Crippen LogP contribution in [0.2, 0.25) is 0 Å². The Morgan fingerprint density at radius 1 is 0.380 bits per heavy atom. The van der Waals surface area contributed by atoms with E-state index in [-0.39, 0.29) is 0 Å². The molecule has 0 fully saturated rings. The van der Waals surface area contributed by atoms with Crippen molar-refractivity contribution >= 4 is 0 Å². The molecule has 0 saturated heterocycles. The first kappa shape index (κ1) is 47.1. The fraction of sp³-hybridized carbons (Fsp3) is 0.870. The standard InChI is InChI=1S/C46H88NO3/c1-6-9-12-15-18-21-24-27-30-36-41-48-46(47(4,5)44-45-39-34-33-35-40-45,49-42-37-31-28-25-22-19-16-13-10-7-2)50-43-38-32-29-26-23-20-17-14-11-8-3/h33-35,39-40H,6-32,36-38,41-44H2,1-5H3/q+1. The first-order chi connectivity index (χ1) is 24.5. The molecular formula is C46H88NO3+. The van der Waals surface area contributed by atoms with Crippen molar-refractivity contribution in [3.05, 3.63) is 35.9 Å². The lowest BCUT2D eigenvalue weighted by molar-refractivity contribution is -1.04. The number of benzene rings is 1. The fourth-order valence-electron chi connectivity index (χ4n) is 7.16. The summed E-state index contributed by atoms with van der Waals surface area (Å²) in [7, 11) is 4.48. The van der Waals surface area contributed by atoms with E-state index in [0.29, 0.717) is 24.3 Å². The van der Waals surface area contributed by atoms with Crippen molar-refractivity contribution in [3.63, 3.8) is 0 Å². The van der Waals surface area contributed by atoms with Gasteiger partial charge in [-0.1, -0.05) is 224 Å². The van der Waals surface area contributed by atoms with Gasteiger partial charge in [-0.15, -0.1) is 0 Å². The predicted octanol–water partition coefficient (Wildman–Crippen LogP) is 14.7. The molecule has 1 aromatic carbocycles. The summed E-state index contributed by atoms with van der Waals surface area (Å²) in [4.78, 5) is 0. The molecule has 4 heteroatoms. The molecule has 0 heterocycles. The van der Waals surface area contributed by atoms with Gasteiger partial charge < -0.3 is 0 Å². The van der Waals surface area contributed by atoms with Crippen LogP contribution in [0.15, 0.2) is 30.3 Å². The lowest BCUT2D eigenvalue weighted by Gasteiger charge is -2.45. The zero-order chi connectivity index (χ0) is 36.3. The molecule has 4 nitrogen and oxygen atoms in total. The SMILES string of the molecule is CCCCCCCCCCCCOC(OCCCCCCCCCCCC)(OCCCCCCCCCCCC)[N+](C)(C)Cc1ccccc1. The van der Waals surface area contributed by atoms with Crippen LogP contribution in [-0.2, 0) is 20.8 Å². The minimum atomic E-state index is -1.09. The predicted molar refractivity (Wildman–Crippen MR) is 218 cm³/mol. The van der Waals surface area contributed by atoms with Gasteiger partial charge in [0.2, 0.25) is 0 Å². The molecule has 0 spiro atoms. The minimum absolute atomic E-state index is 0.504. The molecule has 0 aromatic heterocycles. The van der Waals surface area contributed by atoms with Crippen LogP contribution in [0.1, 0.15) is 219 Å². The summed E-state index contributed by atoms with van der Waals surface area (Å²) in [5.74, 6) is 0. The summed E-state index contributed by atoms with van der Waals surface area (Å²) in [5, 5.41) is 0. The van der Waals surface area contributed by atoms with Crippen LogP contribution in [-0.4, -0.2) is 44.5 Å². The first-order valence-corrected chi connectivity index (χ1v) is 22.3. The molecule has 0 aliphatic rings. The Morgan fingerprint density at radius 2 is 0.640 bits per heavy atom. The molecular weight excluding hydrogens is 615 g/mol. The summed E-state index contributed by atoms with van der Waals surface area (Å²) in [6.07, 6.45) is 38.5. The number of quaternary nitrogens is 1. The van der Waals surface area contributed by atoms with E-state index in [1.54, 1.807) is 0 Å². The van der Waals surface area contributed by atoms with Gasteiger partial charge in [0, 0.05) is 5.56 Å². The summed E-state index contributed by atoms with van der Waals surface area (Å²) in [6, 6.07) is 10.8. The topological polar surface area (TPSA) is 27.7 Å². The molecule has 0 unspecified atom stereocenters. The second-order valence-corrected chi connectivity index (χ2v) is 15.9. The Kier molecular flexibility index (Phi) is 31.9. The van der Waals surface area contributed by atoms with Crippen LogP contribution in [0.5, 0.6) is 0 Å². The lowest BCUT2D eigenvalue weighted by Crippen LogP contribution is -2.64. The Labute approximate surface area is 313 Å². The second kappa shape index (κ2) is 33.9. The molecule has 0 bridgehead atoms. The highest BCUT2D eigenvalue weighted by Crippen LogP contribution is 2.31. The van der Waals surface area contributed by atoms with E-state index in [9.17, 15) is 0 Å². The smallest absolute Gasteiger partial charge is 0.278 e. The number of ether oxygens (including phenoxy) is 3. The largest absolute Gasteiger partial charge is 0.449 e. The molecule has 294 valence electrons. The van der Waals surface area contributed by atoms with Crippen molar-refractivity contribution in [3.8, 4) is 0 Å². The van der Waals surface area contributed by atoms with E-state index in [1.165, 1.54) is 179 Å². The first-order valence-electron chi connectivity index (χ1n) is 22.3. The van der Waals surface area contributed by atoms with Crippen molar-refractivity contribution < 1.29 is 18.7 Å². The maximum absolute atomic E-state index is 6.85. The monoisotopic (exact) mass is 703 g/mol. The van der Waals surface area contributed by atoms with Crippen LogP contribution in [0.25, 0.3) is 0 Å². The number of unbranched alkanes of at least 4 members (excludes halogenated alkanes) is 27. The van der Waals surface area contributed by atoms with E-state index in [2.05, 4.69) is 65.2 Å². The normalized spacial score (nSPS) is 12.3. The highest BCUT2D eigenvalue weighted by molar-refractivity contribution is 5.13. The van der Waals surface area contributed by atoms with Gasteiger partial charge in [-0.05, 0) is 19.3 Å². The Balaban J connectivity index is 2.74. The molecule has 0 N–H and O–H groups in total. The summed E-state index contributed by atoms with van der Waals surface area (Å²) < 4.78 is 21.1. The van der Waals surface area contributed by atoms with Crippen LogP contribution >= 0.6 is 0 Å². The van der Waals surface area contributed by atoms with Crippen LogP contribution in [0.3, 0.4) is 0 Å². The van der Waals surface area contributed by atoms with Crippen molar-refractivity contribution in [2.24, 2.45) is 0 Å². The van der Waals surface area contributed by atoms with Crippen molar-refractivity contribution in [1.29, 1.82) is 0 Å². The average molecular weight is 703 g/mol. The van der Waals surface area contributed by atoms with Crippen molar-refractivity contribution in [1.82, 2.24) is 0 Å². The van der Waals surface area contributed by atoms with Gasteiger partial charge in [0.25, 0.3) is 0 Å². The van der Waals surface area contributed by atoms with E-state index in [1.807, 2.05) is 0 Å². The van der Waals surface area contributed by atoms with E-state index in [0.717, 1.165) is 25.8 Å². The molecule has 1 rings (SSSR count). The third-order valence-electron chi connectivity index (χ3n) is 10.5. The Bertz CT molecular complexity index is 748. The maximum atomic E-state index is 6.85. The Morgan fingerprint density at radius 3 is 0.920 bits per heavy atom. The maximum Gasteiger partial charge on any atom is 0.449 e. The molecule has 0 radical (unpaired) electrons. The van der Waals surface area contributed by atoms with Gasteiger partial charge in [-0.3, -0.25) is 14.2 Å². The van der Waals surface area contributed by atoms with E-state index < -0.39 is 6.10 Å². The average Bonchev–Trinajstić information content (AvgIpc) is 3.11. The van der Waals surface area contributed by atoms with Gasteiger partial charge in [0.15, 0.2) is 0 Å². The zero-order valence-corrected chi connectivity index (χ0v) is 34.6. The van der Waals surface area contributed by atoms with E-state index >= 15 is 0 Å². The zero-order valence-electron chi connectivity index (χ0n) is 34.6. The summed E-state index contributed by atoms with van der Waals surface area (Å²) in [5.41, 5.74) is 1.29. The molecule has 0 saturated carbocycles.